The predicted molar refractivity (Wildman–Crippen MR) is 107 cm³/mol. The van der Waals surface area contributed by atoms with E-state index < -0.39 is 0 Å². The van der Waals surface area contributed by atoms with E-state index in [9.17, 15) is 4.79 Å². The van der Waals surface area contributed by atoms with Gasteiger partial charge in [0.2, 0.25) is 0 Å². The van der Waals surface area contributed by atoms with Crippen molar-refractivity contribution in [1.82, 2.24) is 25.2 Å². The number of hydrogen-bond donors (Lipinski definition) is 2. The molecule has 8 heteroatoms. The van der Waals surface area contributed by atoms with Crippen molar-refractivity contribution in [3.05, 3.63) is 75.9 Å². The van der Waals surface area contributed by atoms with Crippen molar-refractivity contribution in [2.75, 3.05) is 6.54 Å². The Morgan fingerprint density at radius 1 is 1.15 bits per heavy atom. The first kappa shape index (κ1) is 19.2. The van der Waals surface area contributed by atoms with E-state index in [0.717, 1.165) is 22.9 Å². The van der Waals surface area contributed by atoms with E-state index >= 15 is 0 Å². The molecular weight excluding hydrogens is 385 g/mol. The Balaban J connectivity index is 1.47. The highest BCUT2D eigenvalue weighted by Gasteiger charge is 2.05. The Labute approximate surface area is 167 Å². The number of carbonyl (C=O) groups is 1. The highest BCUT2D eigenvalue weighted by molar-refractivity contribution is 6.42. The molecule has 27 heavy (non-hydrogen) atoms. The third-order valence-corrected chi connectivity index (χ3v) is 4.71. The van der Waals surface area contributed by atoms with E-state index in [-0.39, 0.29) is 6.03 Å². The zero-order chi connectivity index (χ0) is 19.2. The zero-order valence-corrected chi connectivity index (χ0v) is 16.3. The minimum atomic E-state index is -0.248. The molecule has 0 saturated carbocycles. The number of aryl methyl sites for hydroxylation is 1. The smallest absolute Gasteiger partial charge is 0.315 e. The van der Waals surface area contributed by atoms with Gasteiger partial charge in [0.05, 0.1) is 10.0 Å². The Hall–Kier alpha value is -2.57. The van der Waals surface area contributed by atoms with Crippen molar-refractivity contribution >= 4 is 29.2 Å². The van der Waals surface area contributed by atoms with Crippen LogP contribution in [0.1, 0.15) is 17.1 Å². The van der Waals surface area contributed by atoms with Crippen LogP contribution in [0, 0.1) is 6.92 Å². The molecule has 6 nitrogen and oxygen atoms in total. The summed E-state index contributed by atoms with van der Waals surface area (Å²) >= 11 is 11.8. The molecule has 0 unspecified atom stereocenters. The standard InChI is InChI=1S/C19H19Cl2N5O/c1-13-22-9-10-26(13)18-4-2-3-15(25-18)7-8-23-19(27)24-12-14-5-6-16(20)17(21)11-14/h2-6,9-11H,7-8,12H2,1H3,(H2,23,24,27). The zero-order valence-electron chi connectivity index (χ0n) is 14.7. The lowest BCUT2D eigenvalue weighted by Gasteiger charge is -2.09. The maximum absolute atomic E-state index is 11.9. The number of aromatic nitrogens is 3. The first-order valence-electron chi connectivity index (χ1n) is 8.45. The van der Waals surface area contributed by atoms with Crippen LogP contribution in [0.15, 0.2) is 48.8 Å². The fourth-order valence-corrected chi connectivity index (χ4v) is 2.88. The van der Waals surface area contributed by atoms with Gasteiger partial charge in [0.15, 0.2) is 0 Å². The molecule has 0 spiro atoms. The quantitative estimate of drug-likeness (QED) is 0.654. The lowest BCUT2D eigenvalue weighted by Crippen LogP contribution is -2.36. The Kier molecular flexibility index (Phi) is 6.32. The minimum Gasteiger partial charge on any atom is -0.338 e. The molecule has 0 atom stereocenters. The first-order valence-corrected chi connectivity index (χ1v) is 9.20. The van der Waals surface area contributed by atoms with Gasteiger partial charge in [-0.15, -0.1) is 0 Å². The molecule has 140 valence electrons. The van der Waals surface area contributed by atoms with Crippen molar-refractivity contribution in [2.24, 2.45) is 0 Å². The number of carbonyl (C=O) groups excluding carboxylic acids is 1. The SMILES string of the molecule is Cc1nccn1-c1cccc(CCNC(=O)NCc2ccc(Cl)c(Cl)c2)n1. The highest BCUT2D eigenvalue weighted by Crippen LogP contribution is 2.22. The van der Waals surface area contributed by atoms with Crippen LogP contribution < -0.4 is 10.6 Å². The summed E-state index contributed by atoms with van der Waals surface area (Å²) in [6, 6.07) is 10.8. The van der Waals surface area contributed by atoms with Crippen molar-refractivity contribution in [1.29, 1.82) is 0 Å². The Morgan fingerprint density at radius 2 is 2.00 bits per heavy atom. The van der Waals surface area contributed by atoms with Crippen LogP contribution in [-0.2, 0) is 13.0 Å². The maximum atomic E-state index is 11.9. The van der Waals surface area contributed by atoms with Crippen LogP contribution in [-0.4, -0.2) is 27.1 Å². The summed E-state index contributed by atoms with van der Waals surface area (Å²) in [6.07, 6.45) is 4.24. The molecule has 0 aliphatic heterocycles. The molecule has 2 heterocycles. The van der Waals surface area contributed by atoms with E-state index in [4.69, 9.17) is 23.2 Å². The van der Waals surface area contributed by atoms with Gasteiger partial charge in [-0.1, -0.05) is 35.3 Å². The number of halogens is 2. The van der Waals surface area contributed by atoms with Gasteiger partial charge in [0.25, 0.3) is 0 Å². The fourth-order valence-electron chi connectivity index (χ4n) is 2.56. The third kappa shape index (κ3) is 5.21. The van der Waals surface area contributed by atoms with Crippen LogP contribution >= 0.6 is 23.2 Å². The maximum Gasteiger partial charge on any atom is 0.315 e. The summed E-state index contributed by atoms with van der Waals surface area (Å²) in [5.74, 6) is 1.69. The molecule has 2 amide bonds. The monoisotopic (exact) mass is 403 g/mol. The van der Waals surface area contributed by atoms with Crippen molar-refractivity contribution in [3.8, 4) is 5.82 Å². The van der Waals surface area contributed by atoms with E-state index in [0.29, 0.717) is 29.6 Å². The number of pyridine rings is 1. The molecule has 2 N–H and O–H groups in total. The fraction of sp³-hybridized carbons (Fsp3) is 0.211. The van der Waals surface area contributed by atoms with Crippen LogP contribution in [0.4, 0.5) is 4.79 Å². The molecule has 2 aromatic heterocycles. The average Bonchev–Trinajstić information content (AvgIpc) is 3.09. The molecule has 3 aromatic rings. The van der Waals surface area contributed by atoms with E-state index in [2.05, 4.69) is 20.6 Å². The molecule has 0 bridgehead atoms. The van der Waals surface area contributed by atoms with E-state index in [1.54, 1.807) is 18.3 Å². The van der Waals surface area contributed by atoms with Crippen LogP contribution in [0.3, 0.4) is 0 Å². The molecule has 0 aliphatic carbocycles. The van der Waals surface area contributed by atoms with Gasteiger partial charge in [-0.3, -0.25) is 4.57 Å². The molecular formula is C19H19Cl2N5O. The summed E-state index contributed by atoms with van der Waals surface area (Å²) in [5.41, 5.74) is 1.77. The predicted octanol–water partition coefficient (Wildman–Crippen LogP) is 3.92. The van der Waals surface area contributed by atoms with Crippen LogP contribution in [0.25, 0.3) is 5.82 Å². The first-order chi connectivity index (χ1) is 13.0. The summed E-state index contributed by atoms with van der Waals surface area (Å²) in [4.78, 5) is 20.8. The topological polar surface area (TPSA) is 71.8 Å². The summed E-state index contributed by atoms with van der Waals surface area (Å²) in [5, 5.41) is 6.57. The Bertz CT molecular complexity index is 941. The van der Waals surface area contributed by atoms with Gasteiger partial charge < -0.3 is 10.6 Å². The number of benzene rings is 1. The summed E-state index contributed by atoms with van der Waals surface area (Å²) in [6.45, 7) is 2.77. The highest BCUT2D eigenvalue weighted by atomic mass is 35.5. The normalized spacial score (nSPS) is 10.6. The molecule has 3 rings (SSSR count). The van der Waals surface area contributed by atoms with Gasteiger partial charge >= 0.3 is 6.03 Å². The number of amides is 2. The largest absolute Gasteiger partial charge is 0.338 e. The van der Waals surface area contributed by atoms with Gasteiger partial charge in [-0.25, -0.2) is 14.8 Å². The lowest BCUT2D eigenvalue weighted by atomic mass is 10.2. The molecule has 0 radical (unpaired) electrons. The van der Waals surface area contributed by atoms with Crippen molar-refractivity contribution < 1.29 is 4.79 Å². The minimum absolute atomic E-state index is 0.248. The van der Waals surface area contributed by atoms with Crippen LogP contribution in [0.5, 0.6) is 0 Å². The number of hydrogen-bond acceptors (Lipinski definition) is 3. The third-order valence-electron chi connectivity index (χ3n) is 3.97. The number of nitrogens with zero attached hydrogens (tertiary/aromatic N) is 3. The molecule has 0 fully saturated rings. The average molecular weight is 404 g/mol. The number of nitrogens with one attached hydrogen (secondary N) is 2. The number of rotatable bonds is 6. The Morgan fingerprint density at radius 3 is 2.74 bits per heavy atom. The van der Waals surface area contributed by atoms with Gasteiger partial charge in [0.1, 0.15) is 11.6 Å². The molecule has 0 saturated heterocycles. The number of imidazole rings is 1. The van der Waals surface area contributed by atoms with Crippen molar-refractivity contribution in [2.45, 2.75) is 19.9 Å². The van der Waals surface area contributed by atoms with Gasteiger partial charge in [-0.05, 0) is 36.8 Å². The second-order valence-electron chi connectivity index (χ2n) is 5.94. The molecule has 0 aliphatic rings. The molecule has 1 aromatic carbocycles. The second kappa shape index (κ2) is 8.88. The van der Waals surface area contributed by atoms with E-state index in [1.165, 1.54) is 0 Å². The van der Waals surface area contributed by atoms with Gasteiger partial charge in [-0.2, -0.15) is 0 Å². The second-order valence-corrected chi connectivity index (χ2v) is 6.75. The summed E-state index contributed by atoms with van der Waals surface area (Å²) in [7, 11) is 0. The van der Waals surface area contributed by atoms with E-state index in [1.807, 2.05) is 42.0 Å². The van der Waals surface area contributed by atoms with Gasteiger partial charge in [0, 0.05) is 37.6 Å². The lowest BCUT2D eigenvalue weighted by molar-refractivity contribution is 0.240. The summed E-state index contributed by atoms with van der Waals surface area (Å²) < 4.78 is 1.92. The number of urea groups is 1. The van der Waals surface area contributed by atoms with Crippen molar-refractivity contribution in [3.63, 3.8) is 0 Å². The van der Waals surface area contributed by atoms with Crippen LogP contribution in [0.2, 0.25) is 10.0 Å².